The van der Waals surface area contributed by atoms with Crippen molar-refractivity contribution in [3.8, 4) is 16.9 Å². The minimum atomic E-state index is -1.27. The summed E-state index contributed by atoms with van der Waals surface area (Å²) in [6.45, 7) is 2.02. The number of amides is 2. The summed E-state index contributed by atoms with van der Waals surface area (Å²) in [4.78, 5) is 36.0. The minimum absolute atomic E-state index is 0.0118. The van der Waals surface area contributed by atoms with Crippen molar-refractivity contribution in [1.29, 1.82) is 0 Å². The summed E-state index contributed by atoms with van der Waals surface area (Å²) < 4.78 is 5.55. The van der Waals surface area contributed by atoms with E-state index in [1.54, 1.807) is 0 Å². The summed E-state index contributed by atoms with van der Waals surface area (Å²) in [6, 6.07) is 19.4. The van der Waals surface area contributed by atoms with Crippen LogP contribution in [0.1, 0.15) is 47.2 Å². The van der Waals surface area contributed by atoms with Crippen LogP contribution in [0.3, 0.4) is 0 Å². The van der Waals surface area contributed by atoms with Crippen molar-refractivity contribution >= 4 is 23.7 Å². The molecule has 0 saturated carbocycles. The van der Waals surface area contributed by atoms with Crippen LogP contribution in [0, 0.1) is 0 Å². The quantitative estimate of drug-likeness (QED) is 0.374. The number of hydrogen-bond acceptors (Lipinski definition) is 5. The largest absolute Gasteiger partial charge is 0.507 e. The first-order valence-electron chi connectivity index (χ1n) is 11.3. The van der Waals surface area contributed by atoms with Crippen molar-refractivity contribution in [2.75, 3.05) is 11.9 Å². The lowest BCUT2D eigenvalue weighted by atomic mass is 9.98. The van der Waals surface area contributed by atoms with Gasteiger partial charge < -0.3 is 25.6 Å². The Bertz CT molecular complexity index is 1230. The van der Waals surface area contributed by atoms with Gasteiger partial charge in [-0.1, -0.05) is 55.5 Å². The first-order valence-corrected chi connectivity index (χ1v) is 11.3. The summed E-state index contributed by atoms with van der Waals surface area (Å²) in [5, 5.41) is 24.1. The number of anilines is 1. The third kappa shape index (κ3) is 5.27. The number of nitrogens with one attached hydrogen (secondary N) is 2. The summed E-state index contributed by atoms with van der Waals surface area (Å²) in [7, 11) is 0. The van der Waals surface area contributed by atoms with Crippen LogP contribution in [0.15, 0.2) is 66.7 Å². The Hall–Kier alpha value is -4.33. The number of ether oxygens (including phenoxy) is 1. The molecular formula is C27H26N2O6. The van der Waals surface area contributed by atoms with Crippen molar-refractivity contribution in [3.05, 3.63) is 83.4 Å². The van der Waals surface area contributed by atoms with Crippen LogP contribution in [0.5, 0.6) is 5.75 Å². The van der Waals surface area contributed by atoms with Gasteiger partial charge in [0.1, 0.15) is 17.9 Å². The van der Waals surface area contributed by atoms with Crippen LogP contribution in [-0.2, 0) is 9.53 Å². The fraction of sp³-hybridized carbons (Fsp3) is 0.222. The number of rotatable bonds is 8. The molecule has 0 fully saturated rings. The van der Waals surface area contributed by atoms with Gasteiger partial charge >= 0.3 is 12.1 Å². The number of aromatic hydroxyl groups is 1. The fourth-order valence-electron chi connectivity index (χ4n) is 4.33. The first-order chi connectivity index (χ1) is 16.9. The van der Waals surface area contributed by atoms with Crippen molar-refractivity contribution in [1.82, 2.24) is 5.32 Å². The molecule has 1 aliphatic carbocycles. The summed E-state index contributed by atoms with van der Waals surface area (Å²) in [5.41, 5.74) is 4.51. The van der Waals surface area contributed by atoms with Crippen molar-refractivity contribution in [2.45, 2.75) is 31.7 Å². The van der Waals surface area contributed by atoms with Crippen LogP contribution < -0.4 is 10.6 Å². The van der Waals surface area contributed by atoms with Gasteiger partial charge in [-0.15, -0.1) is 0 Å². The molecule has 0 heterocycles. The maximum Gasteiger partial charge on any atom is 0.407 e. The molecule has 0 spiro atoms. The average molecular weight is 475 g/mol. The van der Waals surface area contributed by atoms with Gasteiger partial charge in [-0.25, -0.2) is 9.59 Å². The van der Waals surface area contributed by atoms with Crippen LogP contribution in [0.2, 0.25) is 0 Å². The maximum absolute atomic E-state index is 12.5. The lowest BCUT2D eigenvalue weighted by Crippen LogP contribution is -2.38. The second kappa shape index (κ2) is 10.3. The number of hydrogen-bond donors (Lipinski definition) is 4. The van der Waals surface area contributed by atoms with Crippen molar-refractivity contribution in [3.63, 3.8) is 0 Å². The molecule has 0 unspecified atom stereocenters. The van der Waals surface area contributed by atoms with Gasteiger partial charge in [0.05, 0.1) is 0 Å². The van der Waals surface area contributed by atoms with E-state index in [9.17, 15) is 19.5 Å². The monoisotopic (exact) mass is 474 g/mol. The summed E-state index contributed by atoms with van der Waals surface area (Å²) in [6.07, 6.45) is -0.113. The molecule has 0 aliphatic heterocycles. The Kier molecular flexibility index (Phi) is 7.01. The van der Waals surface area contributed by atoms with Crippen molar-refractivity contribution < 1.29 is 29.3 Å². The number of carbonyl (C=O) groups is 3. The molecule has 3 aromatic rings. The van der Waals surface area contributed by atoms with Crippen molar-refractivity contribution in [2.24, 2.45) is 0 Å². The Balaban J connectivity index is 1.33. The molecule has 4 rings (SSSR count). The van der Waals surface area contributed by atoms with Gasteiger partial charge in [0, 0.05) is 30.1 Å². The molecule has 35 heavy (non-hydrogen) atoms. The van der Waals surface area contributed by atoms with Gasteiger partial charge in [0.25, 0.3) is 0 Å². The molecule has 180 valence electrons. The van der Waals surface area contributed by atoms with E-state index in [0.29, 0.717) is 6.42 Å². The molecule has 0 radical (unpaired) electrons. The lowest BCUT2D eigenvalue weighted by molar-refractivity contribution is -0.116. The molecule has 8 heteroatoms. The molecule has 0 bridgehead atoms. The van der Waals surface area contributed by atoms with Crippen LogP contribution in [0.25, 0.3) is 11.1 Å². The predicted molar refractivity (Wildman–Crippen MR) is 131 cm³/mol. The highest BCUT2D eigenvalue weighted by Crippen LogP contribution is 2.44. The molecule has 2 amide bonds. The molecule has 3 aromatic carbocycles. The number of carboxylic acid groups (broad SMARTS) is 1. The van der Waals surface area contributed by atoms with E-state index in [0.717, 1.165) is 22.3 Å². The van der Waals surface area contributed by atoms with E-state index in [2.05, 4.69) is 22.8 Å². The topological polar surface area (TPSA) is 125 Å². The smallest absolute Gasteiger partial charge is 0.407 e. The Morgan fingerprint density at radius 3 is 2.17 bits per heavy atom. The molecule has 0 aromatic heterocycles. The van der Waals surface area contributed by atoms with Gasteiger partial charge in [0.15, 0.2) is 0 Å². The van der Waals surface area contributed by atoms with E-state index < -0.39 is 29.8 Å². The highest BCUT2D eigenvalue weighted by Gasteiger charge is 2.29. The number of phenols is 1. The van der Waals surface area contributed by atoms with Crippen LogP contribution in [-0.4, -0.2) is 40.8 Å². The third-order valence-corrected chi connectivity index (χ3v) is 6.10. The first kappa shape index (κ1) is 23.8. The zero-order chi connectivity index (χ0) is 24.9. The van der Waals surface area contributed by atoms with E-state index in [1.165, 1.54) is 18.2 Å². The highest BCUT2D eigenvalue weighted by molar-refractivity contribution is 5.94. The van der Waals surface area contributed by atoms with E-state index >= 15 is 0 Å². The second-order valence-corrected chi connectivity index (χ2v) is 8.36. The zero-order valence-corrected chi connectivity index (χ0v) is 19.2. The Morgan fingerprint density at radius 2 is 1.60 bits per heavy atom. The minimum Gasteiger partial charge on any atom is -0.507 e. The van der Waals surface area contributed by atoms with Gasteiger partial charge in [-0.3, -0.25) is 4.79 Å². The zero-order valence-electron chi connectivity index (χ0n) is 19.2. The molecule has 0 saturated heterocycles. The maximum atomic E-state index is 12.5. The van der Waals surface area contributed by atoms with E-state index in [4.69, 9.17) is 9.84 Å². The normalized spacial score (nSPS) is 12.8. The Morgan fingerprint density at radius 1 is 0.971 bits per heavy atom. The number of fused-ring (bicyclic) bond motifs is 3. The number of carboxylic acids is 1. The second-order valence-electron chi connectivity index (χ2n) is 8.36. The molecule has 1 aliphatic rings. The van der Waals surface area contributed by atoms with Gasteiger partial charge in [-0.2, -0.15) is 0 Å². The van der Waals surface area contributed by atoms with Gasteiger partial charge in [0.2, 0.25) is 5.91 Å². The third-order valence-electron chi connectivity index (χ3n) is 6.10. The summed E-state index contributed by atoms with van der Waals surface area (Å²) in [5.74, 6) is -2.16. The molecular weight excluding hydrogens is 448 g/mol. The lowest BCUT2D eigenvalue weighted by Gasteiger charge is -2.19. The fourth-order valence-corrected chi connectivity index (χ4v) is 4.33. The highest BCUT2D eigenvalue weighted by atomic mass is 16.5. The standard InChI is InChI=1S/C27H26N2O6/c1-2-16(14-25(31)28-17-11-12-22(26(32)33)24(30)13-17)29-27(34)35-15-23-20-9-5-3-7-18(20)19-8-4-6-10-21(19)23/h3-13,16,23,30H,2,14-15H2,1H3,(H,28,31)(H,29,34)(H,32,33)/t16-/m1/s1. The van der Waals surface area contributed by atoms with E-state index in [1.807, 2.05) is 43.3 Å². The van der Waals surface area contributed by atoms with Crippen LogP contribution >= 0.6 is 0 Å². The number of aromatic carboxylic acids is 1. The number of benzene rings is 3. The molecule has 1 atom stereocenters. The number of carbonyl (C=O) groups excluding carboxylic acids is 2. The molecule has 4 N–H and O–H groups in total. The molecule has 8 nitrogen and oxygen atoms in total. The predicted octanol–water partition coefficient (Wildman–Crippen LogP) is 4.74. The number of alkyl carbamates (subject to hydrolysis) is 1. The average Bonchev–Trinajstić information content (AvgIpc) is 3.16. The SMILES string of the molecule is CC[C@H](CC(=O)Nc1ccc(C(=O)O)c(O)c1)NC(=O)OCC1c2ccccc2-c2ccccc21. The van der Waals surface area contributed by atoms with Gasteiger partial charge in [-0.05, 0) is 40.8 Å². The Labute approximate surface area is 202 Å². The van der Waals surface area contributed by atoms with Crippen LogP contribution in [0.4, 0.5) is 10.5 Å². The van der Waals surface area contributed by atoms with E-state index in [-0.39, 0.29) is 30.2 Å². The summed E-state index contributed by atoms with van der Waals surface area (Å²) >= 11 is 0.